The Morgan fingerprint density at radius 3 is 2.41 bits per heavy atom. The second-order valence-electron chi connectivity index (χ2n) is 7.95. The molecule has 0 radical (unpaired) electrons. The van der Waals surface area contributed by atoms with Crippen molar-refractivity contribution in [2.24, 2.45) is 5.92 Å². The number of rotatable bonds is 4. The van der Waals surface area contributed by atoms with Gasteiger partial charge < -0.3 is 19.3 Å². The van der Waals surface area contributed by atoms with Gasteiger partial charge in [-0.25, -0.2) is 18.4 Å². The van der Waals surface area contributed by atoms with E-state index in [0.29, 0.717) is 77.1 Å². The summed E-state index contributed by atoms with van der Waals surface area (Å²) in [5.41, 5.74) is 0.584. The summed E-state index contributed by atoms with van der Waals surface area (Å²) in [6.45, 7) is 4.97. The van der Waals surface area contributed by atoms with Crippen LogP contribution in [0.1, 0.15) is 30.9 Å². The molecule has 9 nitrogen and oxygen atoms in total. The monoisotopic (exact) mass is 424 g/mol. The van der Waals surface area contributed by atoms with Gasteiger partial charge in [0.1, 0.15) is 4.90 Å². The maximum atomic E-state index is 12.6. The Balaban J connectivity index is 1.52. The van der Waals surface area contributed by atoms with Crippen LogP contribution in [0.3, 0.4) is 0 Å². The third kappa shape index (κ3) is 4.54. The minimum atomic E-state index is -3.44. The highest BCUT2D eigenvalue weighted by atomic mass is 32.2. The number of nitrogens with zero attached hydrogens (tertiary/aromatic N) is 4. The van der Waals surface area contributed by atoms with Crippen molar-refractivity contribution in [2.75, 3.05) is 63.8 Å². The first-order chi connectivity index (χ1) is 13.9. The Labute approximate surface area is 171 Å². The van der Waals surface area contributed by atoms with Crippen LogP contribution in [0.15, 0.2) is 11.1 Å². The predicted octanol–water partition coefficient (Wildman–Crippen LogP) is 0.459. The quantitative estimate of drug-likeness (QED) is 0.687. The average Bonchev–Trinajstić information content (AvgIpc) is 3.28. The Hall–Kier alpha value is -1.78. The Morgan fingerprint density at radius 2 is 1.79 bits per heavy atom. The highest BCUT2D eigenvalue weighted by molar-refractivity contribution is 7.90. The van der Waals surface area contributed by atoms with Crippen molar-refractivity contribution in [3.05, 3.63) is 11.9 Å². The molecule has 4 rings (SSSR count). The Bertz CT molecular complexity index is 842. The molecular formula is C19H28N4O5S. The fourth-order valence-electron chi connectivity index (χ4n) is 4.23. The van der Waals surface area contributed by atoms with Crippen LogP contribution >= 0.6 is 0 Å². The van der Waals surface area contributed by atoms with Gasteiger partial charge in [0.05, 0.1) is 37.6 Å². The Kier molecular flexibility index (Phi) is 6.03. The van der Waals surface area contributed by atoms with Crippen LogP contribution in [0.4, 0.5) is 5.95 Å². The molecule has 1 amide bonds. The molecule has 0 saturated carbocycles. The van der Waals surface area contributed by atoms with Crippen LogP contribution in [-0.4, -0.2) is 88.1 Å². The van der Waals surface area contributed by atoms with Crippen LogP contribution in [0.25, 0.3) is 0 Å². The van der Waals surface area contributed by atoms with E-state index in [1.54, 1.807) is 0 Å². The van der Waals surface area contributed by atoms with Gasteiger partial charge in [0, 0.05) is 45.0 Å². The van der Waals surface area contributed by atoms with E-state index >= 15 is 0 Å². The molecule has 1 aromatic heterocycles. The highest BCUT2D eigenvalue weighted by Crippen LogP contribution is 2.33. The number of hydrogen-bond acceptors (Lipinski definition) is 8. The molecule has 0 aliphatic carbocycles. The zero-order valence-electron chi connectivity index (χ0n) is 16.7. The second-order valence-corrected chi connectivity index (χ2v) is 9.94. The van der Waals surface area contributed by atoms with E-state index in [0.717, 1.165) is 6.42 Å². The van der Waals surface area contributed by atoms with Gasteiger partial charge in [-0.1, -0.05) is 0 Å². The summed E-state index contributed by atoms with van der Waals surface area (Å²) in [5, 5.41) is 0. The molecule has 0 aromatic carbocycles. The molecule has 4 heterocycles. The van der Waals surface area contributed by atoms with E-state index in [-0.39, 0.29) is 22.6 Å². The van der Waals surface area contributed by atoms with Crippen molar-refractivity contribution >= 4 is 21.7 Å². The number of carbonyl (C=O) groups is 1. The first kappa shape index (κ1) is 20.5. The van der Waals surface area contributed by atoms with E-state index in [1.165, 1.54) is 12.5 Å². The van der Waals surface area contributed by atoms with Crippen LogP contribution < -0.4 is 4.90 Å². The molecule has 0 N–H and O–H groups in total. The first-order valence-corrected chi connectivity index (χ1v) is 12.1. The lowest BCUT2D eigenvalue weighted by Gasteiger charge is -2.34. The van der Waals surface area contributed by atoms with Gasteiger partial charge in [-0.15, -0.1) is 0 Å². The molecule has 0 bridgehead atoms. The van der Waals surface area contributed by atoms with Gasteiger partial charge in [0.15, 0.2) is 9.84 Å². The van der Waals surface area contributed by atoms with Gasteiger partial charge in [0.2, 0.25) is 11.9 Å². The molecule has 3 saturated heterocycles. The van der Waals surface area contributed by atoms with E-state index in [2.05, 4.69) is 4.98 Å². The van der Waals surface area contributed by atoms with Crippen molar-refractivity contribution in [3.8, 4) is 0 Å². The summed E-state index contributed by atoms with van der Waals surface area (Å²) in [6.07, 6.45) is 4.81. The topological polar surface area (TPSA) is 102 Å². The van der Waals surface area contributed by atoms with Gasteiger partial charge in [-0.2, -0.15) is 0 Å². The summed E-state index contributed by atoms with van der Waals surface area (Å²) in [6, 6.07) is 0. The number of carbonyl (C=O) groups excluding carboxylic acids is 1. The zero-order valence-corrected chi connectivity index (χ0v) is 17.6. The molecule has 29 heavy (non-hydrogen) atoms. The summed E-state index contributed by atoms with van der Waals surface area (Å²) in [4.78, 5) is 25.8. The third-order valence-corrected chi connectivity index (χ3v) is 7.05. The molecule has 0 spiro atoms. The number of piperidine rings is 1. The number of sulfone groups is 1. The summed E-state index contributed by atoms with van der Waals surface area (Å²) >= 11 is 0. The molecule has 3 aliphatic rings. The highest BCUT2D eigenvalue weighted by Gasteiger charge is 2.33. The van der Waals surface area contributed by atoms with Crippen LogP contribution in [0, 0.1) is 5.92 Å². The fourth-order valence-corrected chi connectivity index (χ4v) is 5.07. The molecule has 160 valence electrons. The molecule has 10 heteroatoms. The van der Waals surface area contributed by atoms with Gasteiger partial charge in [-0.3, -0.25) is 4.79 Å². The van der Waals surface area contributed by atoms with Gasteiger partial charge in [0.25, 0.3) is 0 Å². The standard InChI is InChI=1S/C19H28N4O5S/c1-29(25,26)16-12-20-19(23-7-10-27-11-8-23)21-17(16)14-2-5-22(6-3-14)18(24)15-4-9-28-13-15/h12,14-15H,2-11,13H2,1H3. The largest absolute Gasteiger partial charge is 0.381 e. The average molecular weight is 425 g/mol. The minimum absolute atomic E-state index is 0.00797. The lowest BCUT2D eigenvalue weighted by Crippen LogP contribution is -2.42. The SMILES string of the molecule is CS(=O)(=O)c1cnc(N2CCOCC2)nc1C1CCN(C(=O)C2CCOC2)CC1. The van der Waals surface area contributed by atoms with Crippen LogP contribution in [0.2, 0.25) is 0 Å². The molecule has 1 aromatic rings. The van der Waals surface area contributed by atoms with Crippen molar-refractivity contribution in [1.82, 2.24) is 14.9 Å². The molecule has 1 atom stereocenters. The van der Waals surface area contributed by atoms with Crippen molar-refractivity contribution in [3.63, 3.8) is 0 Å². The number of hydrogen-bond donors (Lipinski definition) is 0. The van der Waals surface area contributed by atoms with Crippen molar-refractivity contribution < 1.29 is 22.7 Å². The van der Waals surface area contributed by atoms with Crippen molar-refractivity contribution in [1.29, 1.82) is 0 Å². The molecular weight excluding hydrogens is 396 g/mol. The summed E-state index contributed by atoms with van der Waals surface area (Å²) < 4.78 is 35.4. The normalized spacial score (nSPS) is 24.1. The number of ether oxygens (including phenoxy) is 2. The molecule has 1 unspecified atom stereocenters. The summed E-state index contributed by atoms with van der Waals surface area (Å²) in [5.74, 6) is 0.662. The lowest BCUT2D eigenvalue weighted by atomic mass is 9.92. The fraction of sp³-hybridized carbons (Fsp3) is 0.737. The van der Waals surface area contributed by atoms with E-state index in [9.17, 15) is 13.2 Å². The van der Waals surface area contributed by atoms with Gasteiger partial charge >= 0.3 is 0 Å². The minimum Gasteiger partial charge on any atom is -0.381 e. The number of amides is 1. The van der Waals surface area contributed by atoms with Crippen LogP contribution in [0.5, 0.6) is 0 Å². The second kappa shape index (κ2) is 8.53. The maximum Gasteiger partial charge on any atom is 0.228 e. The van der Waals surface area contributed by atoms with E-state index < -0.39 is 9.84 Å². The molecule has 3 fully saturated rings. The van der Waals surface area contributed by atoms with Crippen molar-refractivity contribution in [2.45, 2.75) is 30.1 Å². The number of anilines is 1. The number of likely N-dealkylation sites (tertiary alicyclic amines) is 1. The van der Waals surface area contributed by atoms with Crippen LogP contribution in [-0.2, 0) is 24.1 Å². The number of aromatic nitrogens is 2. The maximum absolute atomic E-state index is 12.6. The summed E-state index contributed by atoms with van der Waals surface area (Å²) in [7, 11) is -3.44. The number of morpholine rings is 1. The molecule has 3 aliphatic heterocycles. The zero-order chi connectivity index (χ0) is 20.4. The lowest BCUT2D eigenvalue weighted by molar-refractivity contribution is -0.136. The van der Waals surface area contributed by atoms with E-state index in [1.807, 2.05) is 9.80 Å². The van der Waals surface area contributed by atoms with Gasteiger partial charge in [-0.05, 0) is 19.3 Å². The third-order valence-electron chi connectivity index (χ3n) is 5.94. The first-order valence-electron chi connectivity index (χ1n) is 10.2. The predicted molar refractivity (Wildman–Crippen MR) is 106 cm³/mol. The Morgan fingerprint density at radius 1 is 1.07 bits per heavy atom. The smallest absolute Gasteiger partial charge is 0.228 e. The van der Waals surface area contributed by atoms with E-state index in [4.69, 9.17) is 14.5 Å².